The van der Waals surface area contributed by atoms with Crippen LogP contribution in [0.1, 0.15) is 42.4 Å². The fourth-order valence-corrected chi connectivity index (χ4v) is 2.97. The largest absolute Gasteiger partial charge is 0.483 e. The van der Waals surface area contributed by atoms with E-state index in [0.717, 1.165) is 24.0 Å². The zero-order valence-electron chi connectivity index (χ0n) is 18.1. The van der Waals surface area contributed by atoms with Gasteiger partial charge in [-0.15, -0.1) is 0 Å². The number of amides is 2. The minimum Gasteiger partial charge on any atom is -0.483 e. The van der Waals surface area contributed by atoms with Crippen molar-refractivity contribution in [2.24, 2.45) is 0 Å². The number of ether oxygens (including phenoxy) is 2. The van der Waals surface area contributed by atoms with E-state index in [1.807, 2.05) is 62.4 Å². The summed E-state index contributed by atoms with van der Waals surface area (Å²) in [6.07, 6.45) is 2.22. The van der Waals surface area contributed by atoms with Gasteiger partial charge in [0.2, 0.25) is 5.91 Å². The van der Waals surface area contributed by atoms with E-state index in [1.165, 1.54) is 5.56 Å². The standard InChI is InChI=1S/C24H30N2O5/c1-18-9-6-10-19(2)24(18)31-17-22(28)26-25-21(27)14-7-15-23(29)30-16-8-13-20-11-4-3-5-12-20/h3-6,9-12H,7-8,13-17H2,1-2H3,(H,25,27)(H,26,28). The first-order chi connectivity index (χ1) is 15.0. The van der Waals surface area contributed by atoms with Crippen molar-refractivity contribution < 1.29 is 23.9 Å². The lowest BCUT2D eigenvalue weighted by Crippen LogP contribution is -2.43. The van der Waals surface area contributed by atoms with E-state index in [2.05, 4.69) is 10.9 Å². The summed E-state index contributed by atoms with van der Waals surface area (Å²) in [4.78, 5) is 35.4. The number of nitrogens with one attached hydrogen (secondary N) is 2. The summed E-state index contributed by atoms with van der Waals surface area (Å²) < 4.78 is 10.7. The van der Waals surface area contributed by atoms with Crippen LogP contribution in [0.5, 0.6) is 5.75 Å². The number of carbonyl (C=O) groups excluding carboxylic acids is 3. The van der Waals surface area contributed by atoms with Gasteiger partial charge in [-0.3, -0.25) is 25.2 Å². The Hall–Kier alpha value is -3.35. The molecule has 0 aliphatic heterocycles. The molecule has 2 N–H and O–H groups in total. The predicted octanol–water partition coefficient (Wildman–Crippen LogP) is 3.18. The van der Waals surface area contributed by atoms with E-state index in [-0.39, 0.29) is 31.3 Å². The number of aryl methyl sites for hydroxylation is 3. The molecule has 0 aromatic heterocycles. The molecule has 0 fully saturated rings. The van der Waals surface area contributed by atoms with Gasteiger partial charge < -0.3 is 9.47 Å². The van der Waals surface area contributed by atoms with Gasteiger partial charge in [-0.05, 0) is 49.8 Å². The number of carbonyl (C=O) groups is 3. The first-order valence-corrected chi connectivity index (χ1v) is 10.4. The lowest BCUT2D eigenvalue weighted by Gasteiger charge is -2.12. The highest BCUT2D eigenvalue weighted by molar-refractivity contribution is 5.83. The van der Waals surface area contributed by atoms with Gasteiger partial charge >= 0.3 is 5.97 Å². The van der Waals surface area contributed by atoms with Gasteiger partial charge in [0, 0.05) is 12.8 Å². The number of hydrazine groups is 1. The van der Waals surface area contributed by atoms with E-state index < -0.39 is 5.91 Å². The second-order valence-electron chi connectivity index (χ2n) is 7.27. The first-order valence-electron chi connectivity index (χ1n) is 10.4. The molecule has 0 spiro atoms. The van der Waals surface area contributed by atoms with Crippen molar-refractivity contribution in [1.82, 2.24) is 10.9 Å². The number of hydrogen-bond acceptors (Lipinski definition) is 5. The monoisotopic (exact) mass is 426 g/mol. The number of rotatable bonds is 11. The number of hydrogen-bond donors (Lipinski definition) is 2. The summed E-state index contributed by atoms with van der Waals surface area (Å²) in [7, 11) is 0. The van der Waals surface area contributed by atoms with Crippen LogP contribution in [0.3, 0.4) is 0 Å². The summed E-state index contributed by atoms with van der Waals surface area (Å²) >= 11 is 0. The third kappa shape index (κ3) is 9.33. The van der Waals surface area contributed by atoms with Gasteiger partial charge in [0.25, 0.3) is 5.91 Å². The molecule has 31 heavy (non-hydrogen) atoms. The summed E-state index contributed by atoms with van der Waals surface area (Å²) in [6, 6.07) is 15.7. The summed E-state index contributed by atoms with van der Waals surface area (Å²) in [5.41, 5.74) is 7.70. The van der Waals surface area contributed by atoms with E-state index in [4.69, 9.17) is 9.47 Å². The quantitative estimate of drug-likeness (QED) is 0.327. The lowest BCUT2D eigenvalue weighted by molar-refractivity contribution is -0.144. The number of benzene rings is 2. The van der Waals surface area contributed by atoms with Crippen LogP contribution in [0.2, 0.25) is 0 Å². The normalized spacial score (nSPS) is 10.3. The Morgan fingerprint density at radius 2 is 1.48 bits per heavy atom. The molecule has 0 bridgehead atoms. The Bertz CT molecular complexity index is 847. The van der Waals surface area contributed by atoms with Gasteiger partial charge in [0.15, 0.2) is 6.61 Å². The van der Waals surface area contributed by atoms with Crippen LogP contribution in [0.25, 0.3) is 0 Å². The molecule has 7 heteroatoms. The zero-order valence-corrected chi connectivity index (χ0v) is 18.1. The Kier molecular flexibility index (Phi) is 10.1. The van der Waals surface area contributed by atoms with E-state index in [9.17, 15) is 14.4 Å². The van der Waals surface area contributed by atoms with E-state index in [0.29, 0.717) is 18.8 Å². The van der Waals surface area contributed by atoms with E-state index >= 15 is 0 Å². The Labute approximate surface area is 183 Å². The van der Waals surface area contributed by atoms with Crippen molar-refractivity contribution in [2.75, 3.05) is 13.2 Å². The Balaban J connectivity index is 1.52. The second kappa shape index (κ2) is 13.1. The topological polar surface area (TPSA) is 93.7 Å². The predicted molar refractivity (Wildman–Crippen MR) is 117 cm³/mol. The SMILES string of the molecule is Cc1cccc(C)c1OCC(=O)NNC(=O)CCCC(=O)OCCCc1ccccc1. The van der Waals surface area contributed by atoms with E-state index in [1.54, 1.807) is 0 Å². The molecule has 0 aliphatic rings. The van der Waals surface area contributed by atoms with Gasteiger partial charge in [-0.2, -0.15) is 0 Å². The van der Waals surface area contributed by atoms with Crippen molar-refractivity contribution in [3.8, 4) is 5.75 Å². The Morgan fingerprint density at radius 1 is 0.806 bits per heavy atom. The molecule has 0 aliphatic carbocycles. The van der Waals surface area contributed by atoms with Crippen LogP contribution in [-0.4, -0.2) is 31.0 Å². The molecule has 0 radical (unpaired) electrons. The zero-order chi connectivity index (χ0) is 22.5. The summed E-state index contributed by atoms with van der Waals surface area (Å²) in [6.45, 7) is 3.95. The molecule has 0 heterocycles. The van der Waals surface area contributed by atoms with Crippen LogP contribution in [0.4, 0.5) is 0 Å². The molecular formula is C24H30N2O5. The molecule has 2 aromatic rings. The van der Waals surface area contributed by atoms with Crippen LogP contribution >= 0.6 is 0 Å². The van der Waals surface area contributed by atoms with Gasteiger partial charge in [-0.25, -0.2) is 0 Å². The molecular weight excluding hydrogens is 396 g/mol. The smallest absolute Gasteiger partial charge is 0.305 e. The minimum atomic E-state index is -0.464. The minimum absolute atomic E-state index is 0.108. The highest BCUT2D eigenvalue weighted by Gasteiger charge is 2.10. The molecule has 0 unspecified atom stereocenters. The molecule has 7 nitrogen and oxygen atoms in total. The lowest BCUT2D eigenvalue weighted by atomic mass is 10.1. The van der Waals surface area contributed by atoms with Gasteiger partial charge in [0.05, 0.1) is 6.61 Å². The highest BCUT2D eigenvalue weighted by Crippen LogP contribution is 2.21. The third-order valence-corrected chi connectivity index (χ3v) is 4.60. The average molecular weight is 427 g/mol. The number of esters is 1. The highest BCUT2D eigenvalue weighted by atomic mass is 16.5. The summed E-state index contributed by atoms with van der Waals surface area (Å²) in [5.74, 6) is -0.510. The Morgan fingerprint density at radius 3 is 2.19 bits per heavy atom. The molecule has 2 amide bonds. The van der Waals surface area contributed by atoms with Crippen LogP contribution in [0.15, 0.2) is 48.5 Å². The van der Waals surface area contributed by atoms with Crippen molar-refractivity contribution in [3.05, 3.63) is 65.2 Å². The molecule has 0 saturated carbocycles. The fourth-order valence-electron chi connectivity index (χ4n) is 2.97. The third-order valence-electron chi connectivity index (χ3n) is 4.60. The second-order valence-corrected chi connectivity index (χ2v) is 7.27. The van der Waals surface area contributed by atoms with Crippen LogP contribution in [-0.2, 0) is 25.5 Å². The van der Waals surface area contributed by atoms with Gasteiger partial charge in [0.1, 0.15) is 5.75 Å². The molecule has 2 aromatic carbocycles. The first kappa shape index (κ1) is 23.9. The van der Waals surface area contributed by atoms with Crippen LogP contribution in [0, 0.1) is 13.8 Å². The van der Waals surface area contributed by atoms with Crippen molar-refractivity contribution in [1.29, 1.82) is 0 Å². The van der Waals surface area contributed by atoms with Gasteiger partial charge in [-0.1, -0.05) is 48.5 Å². The van der Waals surface area contributed by atoms with Crippen molar-refractivity contribution in [2.45, 2.75) is 46.0 Å². The summed E-state index contributed by atoms with van der Waals surface area (Å²) in [5, 5.41) is 0. The fraction of sp³-hybridized carbons (Fsp3) is 0.375. The van der Waals surface area contributed by atoms with Crippen molar-refractivity contribution in [3.63, 3.8) is 0 Å². The molecule has 166 valence electrons. The maximum Gasteiger partial charge on any atom is 0.305 e. The molecule has 0 atom stereocenters. The van der Waals surface area contributed by atoms with Crippen LogP contribution < -0.4 is 15.6 Å². The maximum absolute atomic E-state index is 11.8. The number of para-hydroxylation sites is 1. The maximum atomic E-state index is 11.8. The molecule has 0 saturated heterocycles. The van der Waals surface area contributed by atoms with Crippen molar-refractivity contribution >= 4 is 17.8 Å². The molecule has 2 rings (SSSR count). The average Bonchev–Trinajstić information content (AvgIpc) is 2.75.